The van der Waals surface area contributed by atoms with Gasteiger partial charge in [0.05, 0.1) is 6.20 Å². The first-order valence-corrected chi connectivity index (χ1v) is 6.17. The van der Waals surface area contributed by atoms with Gasteiger partial charge in [-0.05, 0) is 38.3 Å². The predicted molar refractivity (Wildman–Crippen MR) is 57.4 cm³/mol. The van der Waals surface area contributed by atoms with Gasteiger partial charge in [-0.15, -0.1) is 0 Å². The maximum atomic E-state index is 5.16. The van der Waals surface area contributed by atoms with Crippen LogP contribution in [0.4, 0.5) is 0 Å². The molecule has 1 N–H and O–H groups in total. The third kappa shape index (κ3) is 3.03. The van der Waals surface area contributed by atoms with Gasteiger partial charge in [-0.1, -0.05) is 11.8 Å². The first kappa shape index (κ1) is 10.1. The average Bonchev–Trinajstić information content (AvgIpc) is 2.72. The van der Waals surface area contributed by atoms with Crippen LogP contribution >= 0.6 is 11.8 Å². The third-order valence-electron chi connectivity index (χ3n) is 2.56. The number of oxazole rings is 1. The quantitative estimate of drug-likeness (QED) is 0.776. The number of rotatable bonds is 4. The Morgan fingerprint density at radius 2 is 2.64 bits per heavy atom. The van der Waals surface area contributed by atoms with Crippen LogP contribution in [0.5, 0.6) is 0 Å². The van der Waals surface area contributed by atoms with Crippen LogP contribution < -0.4 is 5.32 Å². The minimum atomic E-state index is 0.800. The van der Waals surface area contributed by atoms with E-state index in [4.69, 9.17) is 4.42 Å². The molecule has 2 rings (SSSR count). The molecule has 0 saturated carbocycles. The Hall–Kier alpha value is -0.480. The SMILES string of the molecule is c1coc(SCCC2CCCNC2)n1. The second-order valence-electron chi connectivity index (χ2n) is 3.65. The highest BCUT2D eigenvalue weighted by Gasteiger charge is 2.12. The summed E-state index contributed by atoms with van der Waals surface area (Å²) in [5, 5.41) is 4.23. The molecule has 78 valence electrons. The Balaban J connectivity index is 1.62. The van der Waals surface area contributed by atoms with Gasteiger partial charge in [0.15, 0.2) is 0 Å². The molecule has 14 heavy (non-hydrogen) atoms. The zero-order valence-corrected chi connectivity index (χ0v) is 9.05. The average molecular weight is 212 g/mol. The van der Waals surface area contributed by atoms with Crippen molar-refractivity contribution < 1.29 is 4.42 Å². The number of hydrogen-bond acceptors (Lipinski definition) is 4. The predicted octanol–water partition coefficient (Wildman–Crippen LogP) is 2.16. The number of nitrogens with zero attached hydrogens (tertiary/aromatic N) is 1. The summed E-state index contributed by atoms with van der Waals surface area (Å²) in [6.07, 6.45) is 7.29. The molecule has 1 saturated heterocycles. The second kappa shape index (κ2) is 5.41. The number of aromatic nitrogens is 1. The van der Waals surface area contributed by atoms with Gasteiger partial charge in [-0.2, -0.15) is 0 Å². The largest absolute Gasteiger partial charge is 0.440 e. The van der Waals surface area contributed by atoms with Crippen molar-refractivity contribution >= 4 is 11.8 Å². The molecular formula is C10H16N2OS. The van der Waals surface area contributed by atoms with E-state index >= 15 is 0 Å². The monoisotopic (exact) mass is 212 g/mol. The topological polar surface area (TPSA) is 38.1 Å². The van der Waals surface area contributed by atoms with Gasteiger partial charge < -0.3 is 9.73 Å². The first-order valence-electron chi connectivity index (χ1n) is 5.18. The molecule has 1 atom stereocenters. The van der Waals surface area contributed by atoms with Gasteiger partial charge in [0.2, 0.25) is 0 Å². The van der Waals surface area contributed by atoms with E-state index in [1.807, 2.05) is 0 Å². The van der Waals surface area contributed by atoms with Gasteiger partial charge in [-0.3, -0.25) is 0 Å². The highest BCUT2D eigenvalue weighted by molar-refractivity contribution is 7.99. The molecule has 1 aromatic rings. The molecule has 1 fully saturated rings. The molecule has 3 nitrogen and oxygen atoms in total. The maximum Gasteiger partial charge on any atom is 0.255 e. The molecule has 0 aliphatic carbocycles. The van der Waals surface area contributed by atoms with Crippen LogP contribution in [0.1, 0.15) is 19.3 Å². The Morgan fingerprint density at radius 1 is 1.64 bits per heavy atom. The number of thioether (sulfide) groups is 1. The van der Waals surface area contributed by atoms with E-state index in [0.717, 1.165) is 16.9 Å². The van der Waals surface area contributed by atoms with Crippen molar-refractivity contribution in [3.05, 3.63) is 12.5 Å². The summed E-state index contributed by atoms with van der Waals surface area (Å²) < 4.78 is 5.16. The minimum Gasteiger partial charge on any atom is -0.440 e. The van der Waals surface area contributed by atoms with Crippen molar-refractivity contribution in [2.24, 2.45) is 5.92 Å². The van der Waals surface area contributed by atoms with Crippen LogP contribution in [0.15, 0.2) is 22.1 Å². The number of nitrogens with one attached hydrogen (secondary N) is 1. The lowest BCUT2D eigenvalue weighted by Crippen LogP contribution is -2.29. The van der Waals surface area contributed by atoms with Crippen LogP contribution in [-0.4, -0.2) is 23.8 Å². The molecule has 1 aliphatic rings. The normalized spacial score (nSPS) is 22.4. The Kier molecular flexibility index (Phi) is 3.89. The third-order valence-corrected chi connectivity index (χ3v) is 3.45. The van der Waals surface area contributed by atoms with Crippen LogP contribution in [0, 0.1) is 5.92 Å². The Morgan fingerprint density at radius 3 is 3.36 bits per heavy atom. The van der Waals surface area contributed by atoms with Gasteiger partial charge >= 0.3 is 0 Å². The van der Waals surface area contributed by atoms with Gasteiger partial charge in [0, 0.05) is 5.75 Å². The van der Waals surface area contributed by atoms with Crippen molar-refractivity contribution in [2.75, 3.05) is 18.8 Å². The lowest BCUT2D eigenvalue weighted by Gasteiger charge is -2.21. The second-order valence-corrected chi connectivity index (χ2v) is 4.69. The molecule has 0 spiro atoms. The summed E-state index contributed by atoms with van der Waals surface area (Å²) in [7, 11) is 0. The number of hydrogen-bond donors (Lipinski definition) is 1. The first-order chi connectivity index (χ1) is 6.95. The van der Waals surface area contributed by atoms with Gasteiger partial charge in [0.1, 0.15) is 6.26 Å². The zero-order chi connectivity index (χ0) is 9.64. The van der Waals surface area contributed by atoms with Crippen molar-refractivity contribution in [1.82, 2.24) is 10.3 Å². The summed E-state index contributed by atoms with van der Waals surface area (Å²) in [6.45, 7) is 2.38. The summed E-state index contributed by atoms with van der Waals surface area (Å²) in [5.41, 5.74) is 0. The highest BCUT2D eigenvalue weighted by atomic mass is 32.2. The summed E-state index contributed by atoms with van der Waals surface area (Å²) in [5.74, 6) is 1.97. The molecule has 1 aromatic heterocycles. The van der Waals surface area contributed by atoms with Crippen molar-refractivity contribution in [2.45, 2.75) is 24.5 Å². The smallest absolute Gasteiger partial charge is 0.255 e. The zero-order valence-electron chi connectivity index (χ0n) is 8.24. The standard InChI is InChI=1S/C10H16N2OS/c1-2-9(8-11-4-1)3-7-14-10-12-5-6-13-10/h5-6,9,11H,1-4,7-8H2. The highest BCUT2D eigenvalue weighted by Crippen LogP contribution is 2.21. The molecule has 2 heterocycles. The molecule has 0 amide bonds. The summed E-state index contributed by atoms with van der Waals surface area (Å²) in [6, 6.07) is 0. The lowest BCUT2D eigenvalue weighted by atomic mass is 9.97. The van der Waals surface area contributed by atoms with Crippen molar-refractivity contribution in [1.29, 1.82) is 0 Å². The van der Waals surface area contributed by atoms with Gasteiger partial charge in [0.25, 0.3) is 5.22 Å². The molecule has 1 aliphatic heterocycles. The molecule has 0 bridgehead atoms. The van der Waals surface area contributed by atoms with Crippen LogP contribution in [0.25, 0.3) is 0 Å². The fraction of sp³-hybridized carbons (Fsp3) is 0.700. The van der Waals surface area contributed by atoms with E-state index in [-0.39, 0.29) is 0 Å². The Labute approximate surface area is 88.7 Å². The van der Waals surface area contributed by atoms with Crippen molar-refractivity contribution in [3.8, 4) is 0 Å². The summed E-state index contributed by atoms with van der Waals surface area (Å²) >= 11 is 1.72. The van der Waals surface area contributed by atoms with E-state index in [2.05, 4.69) is 10.3 Å². The van der Waals surface area contributed by atoms with E-state index in [9.17, 15) is 0 Å². The van der Waals surface area contributed by atoms with Crippen molar-refractivity contribution in [3.63, 3.8) is 0 Å². The van der Waals surface area contributed by atoms with Crippen LogP contribution in [-0.2, 0) is 0 Å². The Bertz CT molecular complexity index is 245. The fourth-order valence-electron chi connectivity index (χ4n) is 1.76. The molecule has 1 unspecified atom stereocenters. The van der Waals surface area contributed by atoms with E-state index in [0.29, 0.717) is 0 Å². The molecule has 0 radical (unpaired) electrons. The maximum absolute atomic E-state index is 5.16. The number of piperidine rings is 1. The lowest BCUT2D eigenvalue weighted by molar-refractivity contribution is 0.370. The molecule has 4 heteroatoms. The van der Waals surface area contributed by atoms with E-state index in [1.54, 1.807) is 24.2 Å². The van der Waals surface area contributed by atoms with Crippen LogP contribution in [0.2, 0.25) is 0 Å². The fourth-order valence-corrected chi connectivity index (χ4v) is 2.65. The molecule has 0 aromatic carbocycles. The van der Waals surface area contributed by atoms with E-state index < -0.39 is 0 Å². The summed E-state index contributed by atoms with van der Waals surface area (Å²) in [4.78, 5) is 4.08. The van der Waals surface area contributed by atoms with E-state index in [1.165, 1.54) is 32.4 Å². The van der Waals surface area contributed by atoms with Crippen LogP contribution in [0.3, 0.4) is 0 Å². The minimum absolute atomic E-state index is 0.800. The molecular weight excluding hydrogens is 196 g/mol. The van der Waals surface area contributed by atoms with Gasteiger partial charge in [-0.25, -0.2) is 4.98 Å².